The molecule has 34 heavy (non-hydrogen) atoms. The van der Waals surface area contributed by atoms with Crippen LogP contribution in [0.1, 0.15) is 41.3 Å². The Morgan fingerprint density at radius 3 is 2.47 bits per heavy atom. The molecule has 0 fully saturated rings. The average molecular weight is 454 g/mol. The molecule has 0 saturated heterocycles. The third-order valence-electron chi connectivity index (χ3n) is 5.50. The van der Waals surface area contributed by atoms with Crippen molar-refractivity contribution in [2.24, 2.45) is 0 Å². The highest BCUT2D eigenvalue weighted by Gasteiger charge is 2.16. The Kier molecular flexibility index (Phi) is 6.82. The first-order valence-electron chi connectivity index (χ1n) is 11.1. The number of pyridine rings is 1. The van der Waals surface area contributed by atoms with Gasteiger partial charge in [-0.25, -0.2) is 15.0 Å². The van der Waals surface area contributed by atoms with Crippen molar-refractivity contribution >= 4 is 17.5 Å². The zero-order valence-electron chi connectivity index (χ0n) is 19.7. The second-order valence-corrected chi connectivity index (χ2v) is 8.13. The van der Waals surface area contributed by atoms with E-state index in [1.165, 1.54) is 5.56 Å². The van der Waals surface area contributed by atoms with Crippen LogP contribution in [0.25, 0.3) is 11.3 Å². The van der Waals surface area contributed by atoms with Crippen molar-refractivity contribution in [3.05, 3.63) is 89.7 Å². The maximum Gasteiger partial charge on any atom is 0.256 e. The van der Waals surface area contributed by atoms with Gasteiger partial charge in [0.25, 0.3) is 5.91 Å². The molecule has 2 N–H and O–H groups in total. The van der Waals surface area contributed by atoms with Crippen LogP contribution in [0.15, 0.2) is 73.1 Å². The van der Waals surface area contributed by atoms with Crippen LogP contribution in [0.5, 0.6) is 11.6 Å². The number of rotatable bonds is 7. The van der Waals surface area contributed by atoms with Gasteiger partial charge < -0.3 is 15.4 Å². The number of aromatic nitrogens is 3. The van der Waals surface area contributed by atoms with Gasteiger partial charge in [-0.05, 0) is 60.9 Å². The molecule has 2 aromatic heterocycles. The Bertz CT molecular complexity index is 1300. The first kappa shape index (κ1) is 22.9. The van der Waals surface area contributed by atoms with Gasteiger partial charge >= 0.3 is 0 Å². The van der Waals surface area contributed by atoms with Crippen molar-refractivity contribution in [2.45, 2.75) is 26.7 Å². The number of carbonyl (C=O) groups is 1. The molecule has 0 aliphatic rings. The number of hydrogen-bond acceptors (Lipinski definition) is 6. The molecule has 2 heterocycles. The van der Waals surface area contributed by atoms with E-state index >= 15 is 0 Å². The lowest BCUT2D eigenvalue weighted by molar-refractivity contribution is 0.102. The van der Waals surface area contributed by atoms with E-state index in [9.17, 15) is 4.79 Å². The van der Waals surface area contributed by atoms with Crippen LogP contribution in [0.2, 0.25) is 0 Å². The predicted octanol–water partition coefficient (Wildman–Crippen LogP) is 6.06. The quantitative estimate of drug-likeness (QED) is 0.354. The first-order valence-corrected chi connectivity index (χ1v) is 11.1. The summed E-state index contributed by atoms with van der Waals surface area (Å²) in [5.74, 6) is 1.68. The number of nitrogens with zero attached hydrogens (tertiary/aromatic N) is 3. The third-order valence-corrected chi connectivity index (χ3v) is 5.50. The topological polar surface area (TPSA) is 89.0 Å². The van der Waals surface area contributed by atoms with Crippen LogP contribution in [0.3, 0.4) is 0 Å². The minimum absolute atomic E-state index is 0.198. The molecule has 0 aliphatic carbocycles. The standard InChI is InChI=1S/C27H27N5O2/c1-17(2)19-10-12-20(13-11-19)31-25(33)21-7-5-9-24(18(21)3)34-26-22(8-6-15-29-26)23-14-16-30-27(28-4)32-23/h5-17H,1-4H3,(H,31,33)(H,28,30,32). The Hall–Kier alpha value is -4.26. The molecule has 1 amide bonds. The lowest BCUT2D eigenvalue weighted by Crippen LogP contribution is -2.13. The lowest BCUT2D eigenvalue weighted by atomic mass is 10.0. The molecule has 172 valence electrons. The van der Waals surface area contributed by atoms with E-state index in [2.05, 4.69) is 39.4 Å². The number of benzene rings is 2. The monoisotopic (exact) mass is 453 g/mol. The number of anilines is 2. The highest BCUT2D eigenvalue weighted by molar-refractivity contribution is 6.05. The summed E-state index contributed by atoms with van der Waals surface area (Å²) in [6, 6.07) is 18.8. The van der Waals surface area contributed by atoms with Gasteiger partial charge in [0.15, 0.2) is 0 Å². The molecule has 2 aromatic carbocycles. The summed E-state index contributed by atoms with van der Waals surface area (Å²) < 4.78 is 6.18. The van der Waals surface area contributed by atoms with Gasteiger partial charge in [-0.1, -0.05) is 32.0 Å². The zero-order valence-corrected chi connectivity index (χ0v) is 19.7. The van der Waals surface area contributed by atoms with Gasteiger partial charge in [-0.3, -0.25) is 4.79 Å². The SMILES string of the molecule is CNc1nccc(-c2cccnc2Oc2cccc(C(=O)Nc3ccc(C(C)C)cc3)c2C)n1. The van der Waals surface area contributed by atoms with Gasteiger partial charge in [0.2, 0.25) is 11.8 Å². The van der Waals surface area contributed by atoms with Crippen molar-refractivity contribution in [2.75, 3.05) is 17.7 Å². The molecule has 0 spiro atoms. The molecular weight excluding hydrogens is 426 g/mol. The van der Waals surface area contributed by atoms with E-state index in [0.717, 1.165) is 11.3 Å². The van der Waals surface area contributed by atoms with E-state index in [1.54, 1.807) is 37.6 Å². The summed E-state index contributed by atoms with van der Waals surface area (Å²) in [6.45, 7) is 6.14. The molecule has 7 heteroatoms. The van der Waals surface area contributed by atoms with Crippen LogP contribution in [0, 0.1) is 6.92 Å². The molecule has 0 atom stereocenters. The molecule has 0 saturated carbocycles. The lowest BCUT2D eigenvalue weighted by Gasteiger charge is -2.14. The van der Waals surface area contributed by atoms with Crippen molar-refractivity contribution in [1.82, 2.24) is 15.0 Å². The largest absolute Gasteiger partial charge is 0.438 e. The second kappa shape index (κ2) is 10.1. The van der Waals surface area contributed by atoms with Gasteiger partial charge in [-0.2, -0.15) is 0 Å². The number of ether oxygens (including phenoxy) is 1. The predicted molar refractivity (Wildman–Crippen MR) is 135 cm³/mol. The summed E-state index contributed by atoms with van der Waals surface area (Å²) in [7, 11) is 1.76. The molecule has 4 rings (SSSR count). The van der Waals surface area contributed by atoms with Crippen LogP contribution in [-0.4, -0.2) is 27.9 Å². The minimum Gasteiger partial charge on any atom is -0.438 e. The summed E-state index contributed by atoms with van der Waals surface area (Å²) in [4.78, 5) is 26.1. The molecule has 4 aromatic rings. The van der Waals surface area contributed by atoms with Crippen LogP contribution >= 0.6 is 0 Å². The maximum atomic E-state index is 13.0. The second-order valence-electron chi connectivity index (χ2n) is 8.13. The first-order chi connectivity index (χ1) is 16.5. The average Bonchev–Trinajstić information content (AvgIpc) is 2.86. The number of amides is 1. The molecule has 0 bridgehead atoms. The smallest absolute Gasteiger partial charge is 0.256 e. The molecule has 7 nitrogen and oxygen atoms in total. The maximum absolute atomic E-state index is 13.0. The van der Waals surface area contributed by atoms with E-state index in [4.69, 9.17) is 4.74 Å². The van der Waals surface area contributed by atoms with Crippen LogP contribution < -0.4 is 15.4 Å². The fourth-order valence-corrected chi connectivity index (χ4v) is 3.52. The Balaban J connectivity index is 1.59. The minimum atomic E-state index is -0.198. The molecule has 0 radical (unpaired) electrons. The molecule has 0 aliphatic heterocycles. The normalized spacial score (nSPS) is 10.7. The molecular formula is C27H27N5O2. The van der Waals surface area contributed by atoms with Crippen LogP contribution in [0.4, 0.5) is 11.6 Å². The van der Waals surface area contributed by atoms with Crippen LogP contribution in [-0.2, 0) is 0 Å². The summed E-state index contributed by atoms with van der Waals surface area (Å²) in [5.41, 5.74) is 4.62. The van der Waals surface area contributed by atoms with Gasteiger partial charge in [0, 0.05) is 36.3 Å². The van der Waals surface area contributed by atoms with Crippen molar-refractivity contribution in [3.8, 4) is 22.9 Å². The summed E-state index contributed by atoms with van der Waals surface area (Å²) in [6.07, 6.45) is 3.33. The third kappa shape index (κ3) is 5.04. The summed E-state index contributed by atoms with van der Waals surface area (Å²) >= 11 is 0. The highest BCUT2D eigenvalue weighted by atomic mass is 16.5. The van der Waals surface area contributed by atoms with Gasteiger partial charge in [0.05, 0.1) is 11.3 Å². The Morgan fingerprint density at radius 1 is 0.941 bits per heavy atom. The Morgan fingerprint density at radius 2 is 1.74 bits per heavy atom. The fraction of sp³-hybridized carbons (Fsp3) is 0.185. The highest BCUT2D eigenvalue weighted by Crippen LogP contribution is 2.33. The van der Waals surface area contributed by atoms with Gasteiger partial charge in [-0.15, -0.1) is 0 Å². The van der Waals surface area contributed by atoms with E-state index < -0.39 is 0 Å². The molecule has 0 unspecified atom stereocenters. The van der Waals surface area contributed by atoms with E-state index in [1.807, 2.05) is 49.4 Å². The van der Waals surface area contributed by atoms with Crippen molar-refractivity contribution in [1.29, 1.82) is 0 Å². The fourth-order valence-electron chi connectivity index (χ4n) is 3.52. The van der Waals surface area contributed by atoms with Gasteiger partial charge in [0.1, 0.15) is 5.75 Å². The van der Waals surface area contributed by atoms with Crippen molar-refractivity contribution in [3.63, 3.8) is 0 Å². The van der Waals surface area contributed by atoms with E-state index in [0.29, 0.717) is 40.3 Å². The number of nitrogens with one attached hydrogen (secondary N) is 2. The Labute approximate surface area is 199 Å². The number of hydrogen-bond donors (Lipinski definition) is 2. The number of carbonyl (C=O) groups excluding carboxylic acids is 1. The summed E-state index contributed by atoms with van der Waals surface area (Å²) in [5, 5.41) is 5.91. The van der Waals surface area contributed by atoms with E-state index in [-0.39, 0.29) is 5.91 Å². The zero-order chi connectivity index (χ0) is 24.1. The van der Waals surface area contributed by atoms with Crippen molar-refractivity contribution < 1.29 is 9.53 Å².